The van der Waals surface area contributed by atoms with Crippen LogP contribution in [0.4, 0.5) is 0 Å². The maximum absolute atomic E-state index is 2.59. The van der Waals surface area contributed by atoms with Gasteiger partial charge in [0.2, 0.25) is 0 Å². The van der Waals surface area contributed by atoms with E-state index in [1.807, 2.05) is 0 Å². The Morgan fingerprint density at radius 1 is 0.833 bits per heavy atom. The highest BCUT2D eigenvalue weighted by atomic mass is 14.5. The molecule has 2 aliphatic carbocycles. The lowest BCUT2D eigenvalue weighted by molar-refractivity contribution is 0.0253. The van der Waals surface area contributed by atoms with Gasteiger partial charge in [-0.3, -0.25) is 0 Å². The molecule has 106 valence electrons. The molecule has 0 aliphatic heterocycles. The second kappa shape index (κ2) is 6.44. The van der Waals surface area contributed by atoms with Crippen molar-refractivity contribution in [3.63, 3.8) is 0 Å². The molecule has 0 heterocycles. The minimum absolute atomic E-state index is 0.936. The second-order valence-electron chi connectivity index (χ2n) is 7.28. The van der Waals surface area contributed by atoms with E-state index in [-0.39, 0.29) is 0 Å². The zero-order valence-corrected chi connectivity index (χ0v) is 13.1. The summed E-state index contributed by atoms with van der Waals surface area (Å²) in [6, 6.07) is 0. The smallest absolute Gasteiger partial charge is 0.0329 e. The molecule has 0 heteroatoms. The van der Waals surface area contributed by atoms with Crippen LogP contribution in [0.3, 0.4) is 0 Å². The normalized spacial score (nSPS) is 28.0. The molecular formula is C18H34. The molecule has 0 radical (unpaired) electrons. The van der Waals surface area contributed by atoms with Crippen LogP contribution in [0.25, 0.3) is 0 Å². The van der Waals surface area contributed by atoms with E-state index in [1.54, 1.807) is 0 Å². The van der Waals surface area contributed by atoms with E-state index < -0.39 is 0 Å². The van der Waals surface area contributed by atoms with Crippen molar-refractivity contribution in [2.24, 2.45) is 35.5 Å². The van der Waals surface area contributed by atoms with Crippen molar-refractivity contribution in [2.75, 3.05) is 0 Å². The quantitative estimate of drug-likeness (QED) is 0.527. The highest BCUT2D eigenvalue weighted by Gasteiger charge is 2.40. The van der Waals surface area contributed by atoms with Gasteiger partial charge >= 0.3 is 0 Å². The van der Waals surface area contributed by atoms with Crippen LogP contribution in [0.5, 0.6) is 0 Å². The van der Waals surface area contributed by atoms with Crippen LogP contribution in [0, 0.1) is 35.5 Å². The molecule has 0 amide bonds. The first-order valence-electron chi connectivity index (χ1n) is 8.69. The fourth-order valence-corrected chi connectivity index (χ4v) is 4.67. The van der Waals surface area contributed by atoms with Crippen LogP contribution in [-0.4, -0.2) is 0 Å². The average molecular weight is 250 g/mol. The summed E-state index contributed by atoms with van der Waals surface area (Å²) in [6.07, 6.45) is 11.9. The lowest BCUT2D eigenvalue weighted by Crippen LogP contribution is -2.39. The van der Waals surface area contributed by atoms with Gasteiger partial charge in [0.1, 0.15) is 0 Å². The topological polar surface area (TPSA) is 0 Å². The Morgan fingerprint density at radius 3 is 1.72 bits per heavy atom. The van der Waals surface area contributed by atoms with Crippen LogP contribution in [0.2, 0.25) is 0 Å². The molecule has 0 aromatic rings. The van der Waals surface area contributed by atoms with Crippen molar-refractivity contribution in [1.82, 2.24) is 0 Å². The average Bonchev–Trinajstić information content (AvgIpc) is 2.22. The van der Waals surface area contributed by atoms with Gasteiger partial charge < -0.3 is 0 Å². The van der Waals surface area contributed by atoms with E-state index in [0.717, 1.165) is 35.5 Å². The van der Waals surface area contributed by atoms with Gasteiger partial charge in [0.05, 0.1) is 0 Å². The van der Waals surface area contributed by atoms with Gasteiger partial charge in [-0.05, 0) is 35.5 Å². The maximum atomic E-state index is 2.59. The molecule has 0 aromatic carbocycles. The van der Waals surface area contributed by atoms with Gasteiger partial charge in [0.15, 0.2) is 0 Å². The predicted molar refractivity (Wildman–Crippen MR) is 80.6 cm³/mol. The summed E-state index contributed by atoms with van der Waals surface area (Å²) in [5.41, 5.74) is 0. The summed E-state index contributed by atoms with van der Waals surface area (Å²) in [4.78, 5) is 0. The molecule has 0 bridgehead atoms. The Morgan fingerprint density at radius 2 is 1.39 bits per heavy atom. The molecule has 4 unspecified atom stereocenters. The molecule has 2 saturated carbocycles. The van der Waals surface area contributed by atoms with E-state index in [0.29, 0.717) is 0 Å². The van der Waals surface area contributed by atoms with Crippen LogP contribution in [0.1, 0.15) is 79.1 Å². The third kappa shape index (κ3) is 2.78. The zero-order valence-electron chi connectivity index (χ0n) is 13.1. The molecule has 0 nitrogen and oxygen atoms in total. The van der Waals surface area contributed by atoms with Gasteiger partial charge in [0.25, 0.3) is 0 Å². The van der Waals surface area contributed by atoms with Gasteiger partial charge in [-0.25, -0.2) is 0 Å². The standard InChI is InChI=1S/C18H34/c1-5-13(3)18(14(4)15-9-7-10-15)17(6-2)16-11-8-12-16/h13-18H,5-12H2,1-4H3. The molecule has 2 rings (SSSR count). The molecule has 0 spiro atoms. The largest absolute Gasteiger partial charge is 0.0651 e. The van der Waals surface area contributed by atoms with Crippen LogP contribution >= 0.6 is 0 Å². The predicted octanol–water partition coefficient (Wildman–Crippen LogP) is 5.91. The molecule has 2 fully saturated rings. The Hall–Kier alpha value is 0. The van der Waals surface area contributed by atoms with Crippen molar-refractivity contribution >= 4 is 0 Å². The first-order chi connectivity index (χ1) is 8.69. The van der Waals surface area contributed by atoms with Crippen molar-refractivity contribution < 1.29 is 0 Å². The van der Waals surface area contributed by atoms with Crippen LogP contribution < -0.4 is 0 Å². The summed E-state index contributed by atoms with van der Waals surface area (Å²) in [5, 5.41) is 0. The Bertz CT molecular complexity index is 236. The summed E-state index contributed by atoms with van der Waals surface area (Å²) < 4.78 is 0. The van der Waals surface area contributed by atoms with E-state index in [2.05, 4.69) is 27.7 Å². The van der Waals surface area contributed by atoms with Crippen molar-refractivity contribution in [3.05, 3.63) is 0 Å². The SMILES string of the molecule is CCC(C)C(C(C)C1CCC1)C(CC)C1CCC1. The van der Waals surface area contributed by atoms with Gasteiger partial charge in [-0.1, -0.05) is 79.1 Å². The second-order valence-corrected chi connectivity index (χ2v) is 7.28. The first-order valence-corrected chi connectivity index (χ1v) is 8.69. The van der Waals surface area contributed by atoms with Gasteiger partial charge in [-0.15, -0.1) is 0 Å². The fraction of sp³-hybridized carbons (Fsp3) is 1.00. The van der Waals surface area contributed by atoms with Crippen molar-refractivity contribution in [3.8, 4) is 0 Å². The first kappa shape index (κ1) is 14.4. The Labute approximate surface area is 115 Å². The highest BCUT2D eigenvalue weighted by molar-refractivity contribution is 4.90. The van der Waals surface area contributed by atoms with Crippen molar-refractivity contribution in [2.45, 2.75) is 79.1 Å². The number of hydrogen-bond donors (Lipinski definition) is 0. The van der Waals surface area contributed by atoms with Crippen LogP contribution in [-0.2, 0) is 0 Å². The molecule has 0 N–H and O–H groups in total. The number of hydrogen-bond acceptors (Lipinski definition) is 0. The molecule has 2 aliphatic rings. The monoisotopic (exact) mass is 250 g/mol. The summed E-state index contributed by atoms with van der Waals surface area (Å²) in [6.45, 7) is 9.97. The Balaban J connectivity index is 2.06. The summed E-state index contributed by atoms with van der Waals surface area (Å²) >= 11 is 0. The fourth-order valence-electron chi connectivity index (χ4n) is 4.67. The van der Waals surface area contributed by atoms with Gasteiger partial charge in [-0.2, -0.15) is 0 Å². The van der Waals surface area contributed by atoms with E-state index in [4.69, 9.17) is 0 Å². The third-order valence-electron chi connectivity index (χ3n) is 6.52. The lowest BCUT2D eigenvalue weighted by atomic mass is 9.58. The molecular weight excluding hydrogens is 216 g/mol. The molecule has 0 aromatic heterocycles. The molecule has 18 heavy (non-hydrogen) atoms. The molecule has 4 atom stereocenters. The van der Waals surface area contributed by atoms with E-state index in [9.17, 15) is 0 Å². The third-order valence-corrected chi connectivity index (χ3v) is 6.52. The Kier molecular flexibility index (Phi) is 5.15. The van der Waals surface area contributed by atoms with Crippen LogP contribution in [0.15, 0.2) is 0 Å². The molecule has 0 saturated heterocycles. The zero-order chi connectivity index (χ0) is 13.1. The van der Waals surface area contributed by atoms with E-state index >= 15 is 0 Å². The van der Waals surface area contributed by atoms with E-state index in [1.165, 1.54) is 51.4 Å². The summed E-state index contributed by atoms with van der Waals surface area (Å²) in [5.74, 6) is 6.11. The highest BCUT2D eigenvalue weighted by Crippen LogP contribution is 2.49. The van der Waals surface area contributed by atoms with Crippen molar-refractivity contribution in [1.29, 1.82) is 0 Å². The maximum Gasteiger partial charge on any atom is -0.0329 e. The number of rotatable bonds is 7. The van der Waals surface area contributed by atoms with Gasteiger partial charge in [0, 0.05) is 0 Å². The lowest BCUT2D eigenvalue weighted by Gasteiger charge is -2.47. The minimum atomic E-state index is 0.936. The minimum Gasteiger partial charge on any atom is -0.0651 e. The summed E-state index contributed by atoms with van der Waals surface area (Å²) in [7, 11) is 0.